The van der Waals surface area contributed by atoms with Gasteiger partial charge in [-0.2, -0.15) is 0 Å². The van der Waals surface area contributed by atoms with Gasteiger partial charge in [0.25, 0.3) is 0 Å². The minimum atomic E-state index is 0. The van der Waals surface area contributed by atoms with Crippen LogP contribution in [0.1, 0.15) is 29.4 Å². The molecule has 0 amide bonds. The Morgan fingerprint density at radius 2 is 1.83 bits per heavy atom. The standard InChI is InChI=1S/C23H28N6.HI/c1-2-22-27-26-18-29(22)15-13-24-23(25-16-19-8-4-3-5-9-19)28-14-12-20-10-6-7-11-21(20)17-28;/h3-11,18H,2,12-17H2,1H3,(H,24,25);1H. The summed E-state index contributed by atoms with van der Waals surface area (Å²) in [5, 5.41) is 11.8. The summed E-state index contributed by atoms with van der Waals surface area (Å²) in [4.78, 5) is 7.30. The first-order valence-corrected chi connectivity index (χ1v) is 10.3. The van der Waals surface area contributed by atoms with Crippen LogP contribution in [0.5, 0.6) is 0 Å². The molecule has 1 aliphatic heterocycles. The molecule has 1 aromatic heterocycles. The van der Waals surface area contributed by atoms with Crippen molar-refractivity contribution < 1.29 is 0 Å². The highest BCUT2D eigenvalue weighted by Gasteiger charge is 2.19. The van der Waals surface area contributed by atoms with Crippen molar-refractivity contribution in [3.8, 4) is 0 Å². The summed E-state index contributed by atoms with van der Waals surface area (Å²) in [6, 6.07) is 19.1. The second kappa shape index (κ2) is 11.1. The zero-order valence-corrected chi connectivity index (χ0v) is 19.7. The predicted octanol–water partition coefficient (Wildman–Crippen LogP) is 3.66. The number of benzene rings is 2. The minimum absolute atomic E-state index is 0. The Balaban J connectivity index is 0.00000256. The largest absolute Gasteiger partial charge is 0.354 e. The molecule has 0 atom stereocenters. The summed E-state index contributed by atoms with van der Waals surface area (Å²) in [5.41, 5.74) is 4.06. The van der Waals surface area contributed by atoms with Gasteiger partial charge in [0.05, 0.1) is 6.54 Å². The number of guanidine groups is 1. The van der Waals surface area contributed by atoms with E-state index in [2.05, 4.69) is 80.4 Å². The lowest BCUT2D eigenvalue weighted by Gasteiger charge is -2.32. The normalized spacial score (nSPS) is 13.5. The van der Waals surface area contributed by atoms with E-state index >= 15 is 0 Å². The third-order valence-electron chi connectivity index (χ3n) is 5.33. The van der Waals surface area contributed by atoms with Gasteiger partial charge in [0, 0.05) is 32.6 Å². The number of aryl methyl sites for hydroxylation is 1. The zero-order chi connectivity index (χ0) is 19.9. The molecule has 1 aliphatic rings. The van der Waals surface area contributed by atoms with Crippen molar-refractivity contribution in [1.82, 2.24) is 25.0 Å². The number of nitrogens with zero attached hydrogens (tertiary/aromatic N) is 5. The molecule has 0 radical (unpaired) electrons. The van der Waals surface area contributed by atoms with Gasteiger partial charge in [0.1, 0.15) is 12.2 Å². The second-order valence-electron chi connectivity index (χ2n) is 7.29. The summed E-state index contributed by atoms with van der Waals surface area (Å²) in [7, 11) is 0. The van der Waals surface area contributed by atoms with Gasteiger partial charge in [0.2, 0.25) is 0 Å². The average Bonchev–Trinajstić information content (AvgIpc) is 3.24. The van der Waals surface area contributed by atoms with Gasteiger partial charge in [-0.05, 0) is 23.1 Å². The first kappa shape index (κ1) is 22.3. The summed E-state index contributed by atoms with van der Waals surface area (Å²) >= 11 is 0. The molecule has 6 nitrogen and oxygen atoms in total. The van der Waals surface area contributed by atoms with Crippen molar-refractivity contribution in [3.63, 3.8) is 0 Å². The molecule has 0 fully saturated rings. The third kappa shape index (κ3) is 5.59. The van der Waals surface area contributed by atoms with E-state index in [1.54, 1.807) is 6.33 Å². The van der Waals surface area contributed by atoms with E-state index in [1.165, 1.54) is 16.7 Å². The number of hydrogen-bond donors (Lipinski definition) is 1. The van der Waals surface area contributed by atoms with Crippen LogP contribution in [-0.4, -0.2) is 38.7 Å². The van der Waals surface area contributed by atoms with E-state index in [1.807, 2.05) is 6.07 Å². The lowest BCUT2D eigenvalue weighted by atomic mass is 10.0. The average molecular weight is 516 g/mol. The Kier molecular flexibility index (Phi) is 8.24. The monoisotopic (exact) mass is 516 g/mol. The van der Waals surface area contributed by atoms with Crippen molar-refractivity contribution in [1.29, 1.82) is 0 Å². The Bertz CT molecular complexity index is 953. The van der Waals surface area contributed by atoms with Gasteiger partial charge in [-0.3, -0.25) is 0 Å². The maximum atomic E-state index is 4.94. The van der Waals surface area contributed by atoms with Crippen LogP contribution in [0, 0.1) is 0 Å². The molecule has 0 saturated carbocycles. The van der Waals surface area contributed by atoms with Crippen LogP contribution >= 0.6 is 24.0 Å². The smallest absolute Gasteiger partial charge is 0.194 e. The molecule has 0 spiro atoms. The maximum absolute atomic E-state index is 4.94. The summed E-state index contributed by atoms with van der Waals surface area (Å²) in [6.07, 6.45) is 3.74. The fourth-order valence-corrected chi connectivity index (χ4v) is 3.72. The van der Waals surface area contributed by atoms with Crippen molar-refractivity contribution in [2.24, 2.45) is 4.99 Å². The minimum Gasteiger partial charge on any atom is -0.354 e. The van der Waals surface area contributed by atoms with E-state index in [0.29, 0.717) is 6.54 Å². The van der Waals surface area contributed by atoms with E-state index in [9.17, 15) is 0 Å². The number of fused-ring (bicyclic) bond motifs is 1. The zero-order valence-electron chi connectivity index (χ0n) is 17.4. The SMILES string of the molecule is CCc1nncn1CCNC(=NCc1ccccc1)N1CCc2ccccc2C1.I. The first-order chi connectivity index (χ1) is 14.3. The van der Waals surface area contributed by atoms with E-state index in [-0.39, 0.29) is 24.0 Å². The predicted molar refractivity (Wildman–Crippen MR) is 131 cm³/mol. The highest BCUT2D eigenvalue weighted by Crippen LogP contribution is 2.18. The van der Waals surface area contributed by atoms with Crippen LogP contribution in [0.25, 0.3) is 0 Å². The van der Waals surface area contributed by atoms with Crippen LogP contribution in [0.15, 0.2) is 65.9 Å². The van der Waals surface area contributed by atoms with Crippen molar-refractivity contribution in [2.75, 3.05) is 13.1 Å². The molecule has 3 aromatic rings. The molecular formula is C23H29IN6. The van der Waals surface area contributed by atoms with Crippen molar-refractivity contribution in [2.45, 2.75) is 39.4 Å². The molecule has 2 aromatic carbocycles. The van der Waals surface area contributed by atoms with Crippen LogP contribution in [0.4, 0.5) is 0 Å². The first-order valence-electron chi connectivity index (χ1n) is 10.3. The fourth-order valence-electron chi connectivity index (χ4n) is 3.72. The second-order valence-corrected chi connectivity index (χ2v) is 7.29. The van der Waals surface area contributed by atoms with Gasteiger partial charge < -0.3 is 14.8 Å². The lowest BCUT2D eigenvalue weighted by Crippen LogP contribution is -2.45. The fraction of sp³-hybridized carbons (Fsp3) is 0.348. The number of halogens is 1. The van der Waals surface area contributed by atoms with Crippen LogP contribution < -0.4 is 5.32 Å². The highest BCUT2D eigenvalue weighted by atomic mass is 127. The molecule has 0 aliphatic carbocycles. The number of nitrogens with one attached hydrogen (secondary N) is 1. The van der Waals surface area contributed by atoms with Crippen LogP contribution in [-0.2, 0) is 32.5 Å². The number of rotatable bonds is 6. The molecule has 0 bridgehead atoms. The van der Waals surface area contributed by atoms with E-state index < -0.39 is 0 Å². The molecule has 0 saturated heterocycles. The number of aliphatic imine (C=N–C) groups is 1. The van der Waals surface area contributed by atoms with Crippen molar-refractivity contribution >= 4 is 29.9 Å². The van der Waals surface area contributed by atoms with E-state index in [4.69, 9.17) is 4.99 Å². The molecule has 30 heavy (non-hydrogen) atoms. The molecule has 1 N–H and O–H groups in total. The third-order valence-corrected chi connectivity index (χ3v) is 5.33. The molecule has 7 heteroatoms. The molecule has 2 heterocycles. The van der Waals surface area contributed by atoms with Gasteiger partial charge in [-0.1, -0.05) is 61.5 Å². The van der Waals surface area contributed by atoms with Gasteiger partial charge in [-0.15, -0.1) is 34.2 Å². The highest BCUT2D eigenvalue weighted by molar-refractivity contribution is 14.0. The molecule has 4 rings (SSSR count). The number of aromatic nitrogens is 3. The Hall–Kier alpha value is -2.42. The van der Waals surface area contributed by atoms with Gasteiger partial charge in [-0.25, -0.2) is 4.99 Å². The molecule has 0 unspecified atom stereocenters. The lowest BCUT2D eigenvalue weighted by molar-refractivity contribution is 0.376. The van der Waals surface area contributed by atoms with Crippen LogP contribution in [0.2, 0.25) is 0 Å². The summed E-state index contributed by atoms with van der Waals surface area (Å²) < 4.78 is 2.10. The van der Waals surface area contributed by atoms with Gasteiger partial charge >= 0.3 is 0 Å². The topological polar surface area (TPSA) is 58.3 Å². The Morgan fingerprint density at radius 1 is 1.07 bits per heavy atom. The van der Waals surface area contributed by atoms with Crippen LogP contribution in [0.3, 0.4) is 0 Å². The summed E-state index contributed by atoms with van der Waals surface area (Å²) in [6.45, 7) is 6.26. The molecular weight excluding hydrogens is 487 g/mol. The Labute approximate surface area is 195 Å². The number of hydrogen-bond acceptors (Lipinski definition) is 3. The maximum Gasteiger partial charge on any atom is 0.194 e. The van der Waals surface area contributed by atoms with Crippen molar-refractivity contribution in [3.05, 3.63) is 83.4 Å². The molecule has 158 valence electrons. The quantitative estimate of drug-likeness (QED) is 0.309. The van der Waals surface area contributed by atoms with E-state index in [0.717, 1.165) is 50.8 Å². The summed E-state index contributed by atoms with van der Waals surface area (Å²) in [5.74, 6) is 1.98. The Morgan fingerprint density at radius 3 is 2.63 bits per heavy atom. The van der Waals surface area contributed by atoms with Gasteiger partial charge in [0.15, 0.2) is 5.96 Å².